The minimum atomic E-state index is -0.982. The average molecular weight is 502 g/mol. The van der Waals surface area contributed by atoms with Gasteiger partial charge in [-0.15, -0.1) is 0 Å². The highest BCUT2D eigenvalue weighted by Crippen LogP contribution is 2.25. The van der Waals surface area contributed by atoms with Crippen LogP contribution in [0.2, 0.25) is 15.1 Å². The highest BCUT2D eigenvalue weighted by Gasteiger charge is 2.21. The van der Waals surface area contributed by atoms with Crippen molar-refractivity contribution in [2.75, 3.05) is 16.1 Å². The number of fused-ring (bicyclic) bond motifs is 1. The van der Waals surface area contributed by atoms with Gasteiger partial charge in [-0.2, -0.15) is 0 Å². The number of anilines is 2. The third-order valence-corrected chi connectivity index (χ3v) is 5.46. The molecule has 1 aromatic heterocycles. The Morgan fingerprint density at radius 3 is 2.15 bits per heavy atom. The molecular weight excluding hydrogens is 487 g/mol. The summed E-state index contributed by atoms with van der Waals surface area (Å²) in [6.45, 7) is 0. The molecule has 0 unspecified atom stereocenters. The molecule has 0 radical (unpaired) electrons. The summed E-state index contributed by atoms with van der Waals surface area (Å²) in [5.41, 5.74) is 3.79. The van der Waals surface area contributed by atoms with E-state index in [1.54, 1.807) is 72.8 Å². The van der Waals surface area contributed by atoms with E-state index in [9.17, 15) is 14.4 Å². The van der Waals surface area contributed by atoms with Gasteiger partial charge in [0, 0.05) is 21.1 Å². The fourth-order valence-corrected chi connectivity index (χ4v) is 3.59. The van der Waals surface area contributed by atoms with Crippen LogP contribution in [0.1, 0.15) is 10.5 Å². The van der Waals surface area contributed by atoms with Crippen molar-refractivity contribution in [3.05, 3.63) is 93.6 Å². The maximum atomic E-state index is 13.0. The van der Waals surface area contributed by atoms with Gasteiger partial charge in [0.2, 0.25) is 0 Å². The zero-order valence-electron chi connectivity index (χ0n) is 16.7. The molecule has 0 aliphatic heterocycles. The van der Waals surface area contributed by atoms with E-state index in [0.717, 1.165) is 0 Å². The molecule has 4 rings (SSSR count). The molecule has 3 aromatic carbocycles. The second-order valence-corrected chi connectivity index (χ2v) is 8.18. The molecule has 33 heavy (non-hydrogen) atoms. The first-order valence-electron chi connectivity index (χ1n) is 9.56. The molecule has 0 saturated carbocycles. The highest BCUT2D eigenvalue weighted by atomic mass is 35.5. The molecule has 0 spiro atoms. The summed E-state index contributed by atoms with van der Waals surface area (Å²) >= 11 is 18.1. The molecular formula is C23H15Cl3N4O3. The second-order valence-electron chi connectivity index (χ2n) is 6.90. The van der Waals surface area contributed by atoms with Crippen molar-refractivity contribution < 1.29 is 14.4 Å². The third kappa shape index (κ3) is 5.12. The Morgan fingerprint density at radius 2 is 1.42 bits per heavy atom. The number of nitrogens with zero attached hydrogens (tertiary/aromatic N) is 1. The first kappa shape index (κ1) is 22.7. The van der Waals surface area contributed by atoms with Gasteiger partial charge >= 0.3 is 11.8 Å². The number of carbonyl (C=O) groups excluding carboxylic acids is 3. The van der Waals surface area contributed by atoms with Crippen LogP contribution in [0, 0.1) is 0 Å². The minimum Gasteiger partial charge on any atom is -0.319 e. The fraction of sp³-hybridized carbons (Fsp3) is 0. The van der Waals surface area contributed by atoms with Crippen molar-refractivity contribution in [3.63, 3.8) is 0 Å². The van der Waals surface area contributed by atoms with E-state index in [0.29, 0.717) is 37.3 Å². The van der Waals surface area contributed by atoms with Crippen molar-refractivity contribution in [1.29, 1.82) is 0 Å². The maximum Gasteiger partial charge on any atom is 0.328 e. The summed E-state index contributed by atoms with van der Waals surface area (Å²) in [4.78, 5) is 38.1. The second kappa shape index (κ2) is 9.54. The van der Waals surface area contributed by atoms with Gasteiger partial charge in [-0.05, 0) is 60.7 Å². The number of carbonyl (C=O) groups is 3. The Hall–Kier alpha value is -3.52. The lowest BCUT2D eigenvalue weighted by Crippen LogP contribution is -2.36. The summed E-state index contributed by atoms with van der Waals surface area (Å²) in [5.74, 6) is -2.45. The smallest absolute Gasteiger partial charge is 0.319 e. The van der Waals surface area contributed by atoms with Crippen LogP contribution in [-0.2, 0) is 9.59 Å². The Balaban J connectivity index is 1.63. The Morgan fingerprint density at radius 1 is 0.727 bits per heavy atom. The number of rotatable bonds is 4. The van der Waals surface area contributed by atoms with E-state index in [1.165, 1.54) is 4.68 Å². The van der Waals surface area contributed by atoms with Crippen LogP contribution in [0.3, 0.4) is 0 Å². The lowest BCUT2D eigenvalue weighted by atomic mass is 10.2. The minimum absolute atomic E-state index is 0.0693. The van der Waals surface area contributed by atoms with Crippen molar-refractivity contribution in [2.24, 2.45) is 0 Å². The Kier molecular flexibility index (Phi) is 6.55. The normalized spacial score (nSPS) is 10.6. The number of hydrogen-bond donors (Lipinski definition) is 3. The third-order valence-electron chi connectivity index (χ3n) is 4.64. The Labute approximate surface area is 203 Å². The molecule has 0 atom stereocenters. The first-order valence-corrected chi connectivity index (χ1v) is 10.7. The van der Waals surface area contributed by atoms with E-state index < -0.39 is 17.7 Å². The van der Waals surface area contributed by atoms with Gasteiger partial charge in [-0.25, -0.2) is 4.68 Å². The summed E-state index contributed by atoms with van der Waals surface area (Å²) in [6, 6.07) is 19.4. The topological polar surface area (TPSA) is 92.2 Å². The molecule has 1 heterocycles. The molecule has 0 saturated heterocycles. The van der Waals surface area contributed by atoms with E-state index in [-0.39, 0.29) is 5.69 Å². The number of benzene rings is 3. The molecule has 0 fully saturated rings. The fourth-order valence-electron chi connectivity index (χ4n) is 3.10. The molecule has 166 valence electrons. The first-order chi connectivity index (χ1) is 15.8. The summed E-state index contributed by atoms with van der Waals surface area (Å²) in [6.07, 6.45) is 0. The summed E-state index contributed by atoms with van der Waals surface area (Å²) < 4.78 is 1.22. The van der Waals surface area contributed by atoms with Crippen molar-refractivity contribution in [1.82, 2.24) is 4.68 Å². The van der Waals surface area contributed by atoms with Gasteiger partial charge in [0.25, 0.3) is 5.91 Å². The molecule has 7 nitrogen and oxygen atoms in total. The van der Waals surface area contributed by atoms with Crippen molar-refractivity contribution >= 4 is 74.8 Å². The lowest BCUT2D eigenvalue weighted by molar-refractivity contribution is -0.133. The SMILES string of the molecule is O=C(Nc1ccc(Cl)cc1)C(=O)Nn1c(C(=O)Nc2ccccc2Cl)cc2cc(Cl)ccc21. The maximum absolute atomic E-state index is 13.0. The molecule has 10 heteroatoms. The van der Waals surface area contributed by atoms with E-state index in [4.69, 9.17) is 34.8 Å². The quantitative estimate of drug-likeness (QED) is 0.320. The van der Waals surface area contributed by atoms with Gasteiger partial charge in [-0.3, -0.25) is 19.8 Å². The lowest BCUT2D eigenvalue weighted by Gasteiger charge is -2.13. The van der Waals surface area contributed by atoms with Crippen LogP contribution >= 0.6 is 34.8 Å². The molecule has 3 N–H and O–H groups in total. The van der Waals surface area contributed by atoms with Crippen LogP contribution in [0.4, 0.5) is 11.4 Å². The van der Waals surface area contributed by atoms with E-state index in [2.05, 4.69) is 16.1 Å². The summed E-state index contributed by atoms with van der Waals surface area (Å²) in [5, 5.41) is 7.05. The van der Waals surface area contributed by atoms with Crippen LogP contribution in [0.15, 0.2) is 72.8 Å². The van der Waals surface area contributed by atoms with Gasteiger partial charge < -0.3 is 10.6 Å². The summed E-state index contributed by atoms with van der Waals surface area (Å²) in [7, 11) is 0. The van der Waals surface area contributed by atoms with Crippen molar-refractivity contribution in [2.45, 2.75) is 0 Å². The standard InChI is InChI=1S/C23H15Cl3N4O3/c24-14-5-8-16(9-6-14)27-22(32)23(33)29-30-19-10-7-15(25)11-13(19)12-20(30)21(31)28-18-4-2-1-3-17(18)26/h1-12H,(H,27,32)(H,28,31)(H,29,33). The predicted molar refractivity (Wildman–Crippen MR) is 131 cm³/mol. The number of aromatic nitrogens is 1. The Bertz CT molecular complexity index is 1380. The highest BCUT2D eigenvalue weighted by molar-refractivity contribution is 6.42. The molecule has 4 aromatic rings. The number of halogens is 3. The zero-order valence-corrected chi connectivity index (χ0v) is 19.0. The van der Waals surface area contributed by atoms with Crippen LogP contribution in [0.25, 0.3) is 10.9 Å². The monoisotopic (exact) mass is 500 g/mol. The molecule has 3 amide bonds. The van der Waals surface area contributed by atoms with Crippen molar-refractivity contribution in [3.8, 4) is 0 Å². The van der Waals surface area contributed by atoms with Gasteiger partial charge in [-0.1, -0.05) is 46.9 Å². The van der Waals surface area contributed by atoms with E-state index in [1.807, 2.05) is 0 Å². The zero-order chi connectivity index (χ0) is 23.5. The van der Waals surface area contributed by atoms with Gasteiger partial charge in [0.15, 0.2) is 0 Å². The van der Waals surface area contributed by atoms with Gasteiger partial charge in [0.1, 0.15) is 5.69 Å². The molecule has 0 aliphatic rings. The molecule has 0 bridgehead atoms. The van der Waals surface area contributed by atoms with Crippen LogP contribution in [-0.4, -0.2) is 22.4 Å². The van der Waals surface area contributed by atoms with E-state index >= 15 is 0 Å². The van der Waals surface area contributed by atoms with Gasteiger partial charge in [0.05, 0.1) is 16.2 Å². The number of para-hydroxylation sites is 1. The predicted octanol–water partition coefficient (Wildman–Crippen LogP) is 5.56. The largest absolute Gasteiger partial charge is 0.328 e. The van der Waals surface area contributed by atoms with Crippen LogP contribution < -0.4 is 16.1 Å². The number of amides is 3. The van der Waals surface area contributed by atoms with Crippen LogP contribution in [0.5, 0.6) is 0 Å². The number of hydrogen-bond acceptors (Lipinski definition) is 3. The average Bonchev–Trinajstić information content (AvgIpc) is 3.14. The number of nitrogens with one attached hydrogen (secondary N) is 3. The molecule has 0 aliphatic carbocycles.